The van der Waals surface area contributed by atoms with Gasteiger partial charge in [0.2, 0.25) is 0 Å². The predicted molar refractivity (Wildman–Crippen MR) is 217 cm³/mol. The largest absolute Gasteiger partial charge is 0.0622 e. The minimum atomic E-state index is 0.0476. The highest BCUT2D eigenvalue weighted by Crippen LogP contribution is 2.62. The van der Waals surface area contributed by atoms with E-state index in [-0.39, 0.29) is 27.1 Å². The molecule has 4 aliphatic rings. The van der Waals surface area contributed by atoms with Gasteiger partial charge in [0.15, 0.2) is 0 Å². The van der Waals surface area contributed by atoms with Gasteiger partial charge in [-0.25, -0.2) is 0 Å². The van der Waals surface area contributed by atoms with Crippen molar-refractivity contribution in [1.82, 2.24) is 0 Å². The SMILES string of the molecule is CC(C)(C)c1cc(-c2cc(C34CC5CC(CC(C5)C3)C4)cc(-c3cc(C(C)(C)C)cc(C(C)(C)C)c3)c2-c2ccccc2)cc(C(C)(C)C)c1. The second kappa shape index (κ2) is 12.0. The topological polar surface area (TPSA) is 0 Å². The summed E-state index contributed by atoms with van der Waals surface area (Å²) in [5, 5.41) is 0. The first-order valence-corrected chi connectivity index (χ1v) is 19.8. The maximum absolute atomic E-state index is 2.70. The fourth-order valence-electron chi connectivity index (χ4n) is 10.1. The molecule has 50 heavy (non-hydrogen) atoms. The first-order chi connectivity index (χ1) is 23.2. The molecule has 0 amide bonds. The molecule has 0 aromatic heterocycles. The summed E-state index contributed by atoms with van der Waals surface area (Å²) in [5.41, 5.74) is 16.0. The molecule has 8 rings (SSSR count). The number of benzene rings is 4. The molecule has 4 aromatic carbocycles. The molecule has 4 bridgehead atoms. The van der Waals surface area contributed by atoms with Gasteiger partial charge >= 0.3 is 0 Å². The van der Waals surface area contributed by atoms with Crippen LogP contribution in [0.4, 0.5) is 0 Å². The van der Waals surface area contributed by atoms with Crippen molar-refractivity contribution in [1.29, 1.82) is 0 Å². The van der Waals surface area contributed by atoms with Crippen molar-refractivity contribution < 1.29 is 0 Å². The van der Waals surface area contributed by atoms with E-state index in [9.17, 15) is 0 Å². The van der Waals surface area contributed by atoms with Crippen molar-refractivity contribution in [3.05, 3.63) is 107 Å². The molecule has 0 spiro atoms. The van der Waals surface area contributed by atoms with Gasteiger partial charge in [0.25, 0.3) is 0 Å². The first kappa shape index (κ1) is 35.3. The zero-order valence-corrected chi connectivity index (χ0v) is 33.5. The third kappa shape index (κ3) is 6.66. The van der Waals surface area contributed by atoms with Gasteiger partial charge in [0.1, 0.15) is 0 Å². The molecule has 4 aliphatic carbocycles. The highest BCUT2D eigenvalue weighted by molar-refractivity contribution is 5.96. The minimum absolute atomic E-state index is 0.0476. The molecule has 0 saturated heterocycles. The van der Waals surface area contributed by atoms with Crippen LogP contribution in [-0.2, 0) is 27.1 Å². The van der Waals surface area contributed by atoms with Crippen molar-refractivity contribution in [3.8, 4) is 33.4 Å². The van der Waals surface area contributed by atoms with Crippen molar-refractivity contribution in [2.45, 2.75) is 149 Å². The molecule has 264 valence electrons. The van der Waals surface area contributed by atoms with E-state index in [1.165, 1.54) is 94.2 Å². The lowest BCUT2D eigenvalue weighted by molar-refractivity contribution is -0.00514. The molecular formula is C50H64. The Morgan fingerprint density at radius 3 is 1.08 bits per heavy atom. The van der Waals surface area contributed by atoms with Gasteiger partial charge in [-0.1, -0.05) is 150 Å². The average molecular weight is 665 g/mol. The maximum atomic E-state index is 2.70. The summed E-state index contributed by atoms with van der Waals surface area (Å²) in [6.45, 7) is 28.5. The van der Waals surface area contributed by atoms with Crippen LogP contribution in [0.25, 0.3) is 33.4 Å². The highest BCUT2D eigenvalue weighted by atomic mass is 14.6. The number of hydrogen-bond acceptors (Lipinski definition) is 0. The lowest BCUT2D eigenvalue weighted by Crippen LogP contribution is -2.48. The second-order valence-electron chi connectivity index (χ2n) is 21.1. The molecule has 0 atom stereocenters. The van der Waals surface area contributed by atoms with Gasteiger partial charge in [0, 0.05) is 0 Å². The molecule has 0 aliphatic heterocycles. The molecular weight excluding hydrogens is 601 g/mol. The Balaban J connectivity index is 1.61. The van der Waals surface area contributed by atoms with Crippen molar-refractivity contribution in [3.63, 3.8) is 0 Å². The third-order valence-electron chi connectivity index (χ3n) is 12.8. The summed E-state index contributed by atoms with van der Waals surface area (Å²) in [7, 11) is 0. The summed E-state index contributed by atoms with van der Waals surface area (Å²) < 4.78 is 0. The lowest BCUT2D eigenvalue weighted by Gasteiger charge is -2.57. The summed E-state index contributed by atoms with van der Waals surface area (Å²) in [6, 6.07) is 31.9. The normalized spacial score (nSPS) is 23.8. The molecule has 4 fully saturated rings. The van der Waals surface area contributed by atoms with Crippen molar-refractivity contribution in [2.75, 3.05) is 0 Å². The Morgan fingerprint density at radius 1 is 0.420 bits per heavy atom. The third-order valence-corrected chi connectivity index (χ3v) is 12.8. The average Bonchev–Trinajstić information content (AvgIpc) is 3.02. The molecule has 0 N–H and O–H groups in total. The van der Waals surface area contributed by atoms with Gasteiger partial charge in [-0.2, -0.15) is 0 Å². The summed E-state index contributed by atoms with van der Waals surface area (Å²) in [5.74, 6) is 2.70. The van der Waals surface area contributed by atoms with Crippen LogP contribution in [-0.4, -0.2) is 0 Å². The van der Waals surface area contributed by atoms with Crippen molar-refractivity contribution in [2.24, 2.45) is 17.8 Å². The first-order valence-electron chi connectivity index (χ1n) is 19.8. The Bertz CT molecular complexity index is 1690. The van der Waals surface area contributed by atoms with Gasteiger partial charge in [0.05, 0.1) is 0 Å². The molecule has 0 heteroatoms. The van der Waals surface area contributed by atoms with Crippen LogP contribution >= 0.6 is 0 Å². The Morgan fingerprint density at radius 2 is 0.760 bits per heavy atom. The smallest absolute Gasteiger partial charge is 0.00266 e. The monoisotopic (exact) mass is 665 g/mol. The standard InChI is InChI=1S/C50H64/c1-46(2,3)38-21-36(22-39(25-38)47(4,5)6)43-27-42(50-29-32-18-33(30-50)20-34(19-32)31-50)28-44(45(43)35-16-14-13-15-17-35)37-23-40(48(7,8)9)26-41(24-37)49(10,11)12/h13-17,21-28,32-34H,18-20,29-31H2,1-12H3. The van der Waals surface area contributed by atoms with E-state index in [1.54, 1.807) is 5.56 Å². The minimum Gasteiger partial charge on any atom is -0.0622 e. The van der Waals surface area contributed by atoms with Gasteiger partial charge < -0.3 is 0 Å². The van der Waals surface area contributed by atoms with Crippen molar-refractivity contribution >= 4 is 0 Å². The number of rotatable bonds is 4. The van der Waals surface area contributed by atoms with Crippen LogP contribution in [0.3, 0.4) is 0 Å². The van der Waals surface area contributed by atoms with E-state index >= 15 is 0 Å². The second-order valence-corrected chi connectivity index (χ2v) is 21.1. The van der Waals surface area contributed by atoms with Gasteiger partial charge in [-0.05, 0) is 157 Å². The summed E-state index contributed by atoms with van der Waals surface area (Å²) in [6.07, 6.45) is 8.50. The van der Waals surface area contributed by atoms with E-state index in [1.807, 2.05) is 0 Å². The lowest BCUT2D eigenvalue weighted by atomic mass is 9.48. The Labute approximate surface area is 305 Å². The zero-order valence-electron chi connectivity index (χ0n) is 33.5. The molecule has 0 heterocycles. The molecule has 0 nitrogen and oxygen atoms in total. The van der Waals surface area contributed by atoms with Crippen LogP contribution in [0, 0.1) is 17.8 Å². The van der Waals surface area contributed by atoms with Gasteiger partial charge in [-0.15, -0.1) is 0 Å². The fourth-order valence-corrected chi connectivity index (χ4v) is 10.1. The van der Waals surface area contributed by atoms with E-state index in [2.05, 4.69) is 162 Å². The van der Waals surface area contributed by atoms with Gasteiger partial charge in [-0.3, -0.25) is 0 Å². The van der Waals surface area contributed by atoms with E-state index in [4.69, 9.17) is 0 Å². The van der Waals surface area contributed by atoms with Crippen LogP contribution in [0.1, 0.15) is 149 Å². The van der Waals surface area contributed by atoms with Crippen LogP contribution < -0.4 is 0 Å². The van der Waals surface area contributed by atoms with Crippen LogP contribution in [0.5, 0.6) is 0 Å². The molecule has 4 saturated carbocycles. The molecule has 4 aromatic rings. The molecule has 0 radical (unpaired) electrons. The summed E-state index contributed by atoms with van der Waals surface area (Å²) in [4.78, 5) is 0. The van der Waals surface area contributed by atoms with Crippen LogP contribution in [0.15, 0.2) is 78.9 Å². The molecule has 0 unspecified atom stereocenters. The van der Waals surface area contributed by atoms with E-state index in [0.717, 1.165) is 17.8 Å². The van der Waals surface area contributed by atoms with Crippen LogP contribution in [0.2, 0.25) is 0 Å². The Hall–Kier alpha value is -3.12. The predicted octanol–water partition coefficient (Wildman–Crippen LogP) is 14.3. The highest BCUT2D eigenvalue weighted by Gasteiger charge is 2.52. The zero-order chi connectivity index (χ0) is 36.0. The maximum Gasteiger partial charge on any atom is -0.00266 e. The van der Waals surface area contributed by atoms with E-state index in [0.29, 0.717) is 0 Å². The quantitative estimate of drug-likeness (QED) is 0.204. The van der Waals surface area contributed by atoms with E-state index < -0.39 is 0 Å². The fraction of sp³-hybridized carbons (Fsp3) is 0.520. The summed E-state index contributed by atoms with van der Waals surface area (Å²) >= 11 is 0. The number of hydrogen-bond donors (Lipinski definition) is 0. The Kier molecular flexibility index (Phi) is 8.45.